The second-order valence-electron chi connectivity index (χ2n) is 3.63. The van der Waals surface area contributed by atoms with Crippen molar-refractivity contribution in [1.29, 1.82) is 0 Å². The van der Waals surface area contributed by atoms with Crippen molar-refractivity contribution in [3.63, 3.8) is 0 Å². The molecule has 104 valence electrons. The van der Waals surface area contributed by atoms with Gasteiger partial charge in [-0.3, -0.25) is 0 Å². The summed E-state index contributed by atoms with van der Waals surface area (Å²) in [7, 11) is -1.67. The average molecular weight is 282 g/mol. The van der Waals surface area contributed by atoms with Gasteiger partial charge in [0.1, 0.15) is 11.5 Å². The lowest BCUT2D eigenvalue weighted by Crippen LogP contribution is -2.30. The molecule has 2 aromatic rings. The van der Waals surface area contributed by atoms with Gasteiger partial charge in [0, 0.05) is 23.9 Å². The summed E-state index contributed by atoms with van der Waals surface area (Å²) in [5, 5.41) is 17.7. The highest BCUT2D eigenvalue weighted by Gasteiger charge is 2.12. The Hall–Kier alpha value is -2.26. The molecule has 1 aromatic carbocycles. The van der Waals surface area contributed by atoms with Gasteiger partial charge in [-0.1, -0.05) is 6.07 Å². The van der Waals surface area contributed by atoms with Gasteiger partial charge < -0.3 is 19.5 Å². The Morgan fingerprint density at radius 2 is 1.75 bits per heavy atom. The van der Waals surface area contributed by atoms with Crippen molar-refractivity contribution in [3.8, 4) is 17.5 Å². The van der Waals surface area contributed by atoms with E-state index in [9.17, 15) is 8.78 Å². The summed E-state index contributed by atoms with van der Waals surface area (Å²) in [5.41, 5.74) is 0.104. The summed E-state index contributed by atoms with van der Waals surface area (Å²) >= 11 is 0. The van der Waals surface area contributed by atoms with E-state index in [0.717, 1.165) is 0 Å². The maximum Gasteiger partial charge on any atom is 0.491 e. The van der Waals surface area contributed by atoms with Gasteiger partial charge in [-0.05, 0) is 12.1 Å². The van der Waals surface area contributed by atoms with E-state index in [4.69, 9.17) is 14.8 Å². The van der Waals surface area contributed by atoms with Crippen molar-refractivity contribution in [3.05, 3.63) is 36.7 Å². The van der Waals surface area contributed by atoms with Crippen molar-refractivity contribution in [2.45, 2.75) is 6.61 Å². The Bertz CT molecular complexity index is 569. The Balaban J connectivity index is 2.09. The zero-order valence-electron chi connectivity index (χ0n) is 9.98. The third-order valence-corrected chi connectivity index (χ3v) is 2.19. The molecule has 0 aliphatic carbocycles. The number of nitrogens with zero attached hydrogens (tertiary/aromatic N) is 2. The highest BCUT2D eigenvalue weighted by atomic mass is 19.3. The molecule has 0 bridgehead atoms. The lowest BCUT2D eigenvalue weighted by molar-refractivity contribution is -0.0499. The van der Waals surface area contributed by atoms with Gasteiger partial charge in [0.15, 0.2) is 0 Å². The molecular formula is C11H9BF2N2O4. The number of ether oxygens (including phenoxy) is 2. The molecular weight excluding hydrogens is 273 g/mol. The molecule has 2 rings (SSSR count). The molecule has 20 heavy (non-hydrogen) atoms. The summed E-state index contributed by atoms with van der Waals surface area (Å²) < 4.78 is 33.6. The van der Waals surface area contributed by atoms with Gasteiger partial charge in [-0.2, -0.15) is 8.78 Å². The van der Waals surface area contributed by atoms with Crippen LogP contribution >= 0.6 is 0 Å². The normalized spacial score (nSPS) is 10.4. The lowest BCUT2D eigenvalue weighted by Gasteiger charge is -2.07. The van der Waals surface area contributed by atoms with Gasteiger partial charge in [0.05, 0.1) is 0 Å². The average Bonchev–Trinajstić information content (AvgIpc) is 2.39. The van der Waals surface area contributed by atoms with E-state index in [1.165, 1.54) is 36.7 Å². The van der Waals surface area contributed by atoms with Crippen LogP contribution in [-0.4, -0.2) is 33.7 Å². The number of alkyl halides is 2. The minimum absolute atomic E-state index is 0.0556. The van der Waals surface area contributed by atoms with E-state index in [1.54, 1.807) is 0 Å². The van der Waals surface area contributed by atoms with Crippen LogP contribution in [0.15, 0.2) is 36.7 Å². The smallest absolute Gasteiger partial charge is 0.435 e. The van der Waals surface area contributed by atoms with E-state index in [-0.39, 0.29) is 23.0 Å². The first-order valence-electron chi connectivity index (χ1n) is 5.45. The zero-order chi connectivity index (χ0) is 14.5. The fourth-order valence-corrected chi connectivity index (χ4v) is 1.33. The van der Waals surface area contributed by atoms with E-state index < -0.39 is 13.7 Å². The molecule has 0 amide bonds. The van der Waals surface area contributed by atoms with Crippen LogP contribution in [-0.2, 0) is 0 Å². The van der Waals surface area contributed by atoms with Gasteiger partial charge in [-0.25, -0.2) is 9.97 Å². The summed E-state index contributed by atoms with van der Waals surface area (Å²) in [4.78, 5) is 7.49. The van der Waals surface area contributed by atoms with Gasteiger partial charge in [-0.15, -0.1) is 0 Å². The number of aromatic nitrogens is 2. The largest absolute Gasteiger partial charge is 0.491 e. The van der Waals surface area contributed by atoms with Crippen LogP contribution in [0.2, 0.25) is 0 Å². The van der Waals surface area contributed by atoms with Crippen LogP contribution in [0, 0.1) is 0 Å². The van der Waals surface area contributed by atoms with Crippen molar-refractivity contribution >= 4 is 12.6 Å². The fourth-order valence-electron chi connectivity index (χ4n) is 1.33. The lowest BCUT2D eigenvalue weighted by atomic mass is 9.83. The highest BCUT2D eigenvalue weighted by molar-refractivity contribution is 6.58. The van der Waals surface area contributed by atoms with E-state index in [2.05, 4.69) is 14.7 Å². The van der Waals surface area contributed by atoms with E-state index in [0.29, 0.717) is 0 Å². The van der Waals surface area contributed by atoms with Crippen molar-refractivity contribution in [2.75, 3.05) is 0 Å². The first-order chi connectivity index (χ1) is 9.54. The molecule has 0 aliphatic rings. The van der Waals surface area contributed by atoms with Crippen molar-refractivity contribution in [1.82, 2.24) is 9.97 Å². The molecule has 9 heteroatoms. The fraction of sp³-hybridized carbons (Fsp3) is 0.0909. The molecule has 0 aliphatic heterocycles. The summed E-state index contributed by atoms with van der Waals surface area (Å²) in [6.07, 6.45) is 2.35. The van der Waals surface area contributed by atoms with Gasteiger partial charge >= 0.3 is 19.7 Å². The molecule has 0 atom stereocenters. The third kappa shape index (κ3) is 3.87. The molecule has 0 saturated carbocycles. The number of rotatable bonds is 5. The molecule has 0 radical (unpaired) electrons. The molecule has 2 N–H and O–H groups in total. The first-order valence-corrected chi connectivity index (χ1v) is 5.45. The Morgan fingerprint density at radius 3 is 2.35 bits per heavy atom. The Kier molecular flexibility index (Phi) is 4.43. The molecule has 0 saturated heterocycles. The van der Waals surface area contributed by atoms with Crippen LogP contribution in [0.25, 0.3) is 0 Å². The van der Waals surface area contributed by atoms with Crippen LogP contribution < -0.4 is 14.9 Å². The van der Waals surface area contributed by atoms with E-state index >= 15 is 0 Å². The second-order valence-corrected chi connectivity index (χ2v) is 3.63. The standard InChI is InChI=1S/C11H9BF2N2O4/c13-10(14)19-8-2-1-3-9(4-8)20-11-15-5-7(6-16-11)12(17)18/h1-6,10,17-18H. The van der Waals surface area contributed by atoms with E-state index in [1.807, 2.05) is 0 Å². The molecule has 1 aromatic heterocycles. The quantitative estimate of drug-likeness (QED) is 0.779. The highest BCUT2D eigenvalue weighted by Crippen LogP contribution is 2.23. The van der Waals surface area contributed by atoms with Crippen LogP contribution in [0.5, 0.6) is 17.5 Å². The minimum atomic E-state index is -2.92. The van der Waals surface area contributed by atoms with Crippen LogP contribution in [0.4, 0.5) is 8.78 Å². The zero-order valence-corrected chi connectivity index (χ0v) is 9.98. The van der Waals surface area contributed by atoms with Crippen LogP contribution in [0.3, 0.4) is 0 Å². The number of halogens is 2. The molecule has 6 nitrogen and oxygen atoms in total. The molecule has 0 fully saturated rings. The monoisotopic (exact) mass is 282 g/mol. The first kappa shape index (κ1) is 14.2. The van der Waals surface area contributed by atoms with Crippen molar-refractivity contribution in [2.24, 2.45) is 0 Å². The maximum absolute atomic E-state index is 12.1. The van der Waals surface area contributed by atoms with Crippen LogP contribution in [0.1, 0.15) is 0 Å². The number of hydrogen-bond donors (Lipinski definition) is 2. The summed E-state index contributed by atoms with van der Waals surface area (Å²) in [6.45, 7) is -2.92. The topological polar surface area (TPSA) is 84.7 Å². The summed E-state index contributed by atoms with van der Waals surface area (Å²) in [5.74, 6) is 0.153. The Morgan fingerprint density at radius 1 is 1.10 bits per heavy atom. The third-order valence-electron chi connectivity index (χ3n) is 2.19. The Labute approximate surface area is 112 Å². The summed E-state index contributed by atoms with van der Waals surface area (Å²) in [6, 6.07) is 5.52. The number of hydrogen-bond acceptors (Lipinski definition) is 6. The minimum Gasteiger partial charge on any atom is -0.435 e. The molecule has 1 heterocycles. The predicted molar refractivity (Wildman–Crippen MR) is 65.0 cm³/mol. The second kappa shape index (κ2) is 6.26. The SMILES string of the molecule is OB(O)c1cnc(Oc2cccc(OC(F)F)c2)nc1. The van der Waals surface area contributed by atoms with Gasteiger partial charge in [0.25, 0.3) is 0 Å². The van der Waals surface area contributed by atoms with Crippen molar-refractivity contribution < 1.29 is 28.3 Å². The van der Waals surface area contributed by atoms with Gasteiger partial charge in [0.2, 0.25) is 0 Å². The molecule has 0 unspecified atom stereocenters. The predicted octanol–water partition coefficient (Wildman–Crippen LogP) is 0.550. The number of benzene rings is 1. The maximum atomic E-state index is 12.1. The molecule has 0 spiro atoms.